The first-order valence-electron chi connectivity index (χ1n) is 6.64. The summed E-state index contributed by atoms with van der Waals surface area (Å²) in [6.45, 7) is 0. The van der Waals surface area contributed by atoms with Crippen molar-refractivity contribution in [2.24, 2.45) is 5.73 Å². The predicted octanol–water partition coefficient (Wildman–Crippen LogP) is 3.03. The Morgan fingerprint density at radius 2 is 2.00 bits per heavy atom. The number of nitrogens with one attached hydrogen (secondary N) is 1. The summed E-state index contributed by atoms with van der Waals surface area (Å²) < 4.78 is 18.7. The van der Waals surface area contributed by atoms with E-state index in [-0.39, 0.29) is 17.8 Å². The number of nitrogens with two attached hydrogens (primary N) is 1. The van der Waals surface area contributed by atoms with Crippen molar-refractivity contribution < 1.29 is 13.9 Å². The zero-order valence-corrected chi connectivity index (χ0v) is 10.8. The van der Waals surface area contributed by atoms with Gasteiger partial charge in [0.1, 0.15) is 11.9 Å². The average Bonchev–Trinajstić information content (AvgIpc) is 2.58. The van der Waals surface area contributed by atoms with Crippen LogP contribution in [0.5, 0.6) is 0 Å². The number of anilines is 1. The fourth-order valence-corrected chi connectivity index (χ4v) is 2.29. The van der Waals surface area contributed by atoms with Crippen LogP contribution in [0.15, 0.2) is 24.3 Å². The first-order chi connectivity index (χ1) is 9.16. The zero-order valence-electron chi connectivity index (χ0n) is 10.8. The Bertz CT molecular complexity index is 439. The van der Waals surface area contributed by atoms with Gasteiger partial charge in [-0.15, -0.1) is 0 Å². The monoisotopic (exact) mass is 266 g/mol. The largest absolute Gasteiger partial charge is 0.444 e. The summed E-state index contributed by atoms with van der Waals surface area (Å²) in [4.78, 5) is 11.7. The van der Waals surface area contributed by atoms with E-state index in [1.807, 2.05) is 0 Å². The molecular weight excluding hydrogens is 247 g/mol. The van der Waals surface area contributed by atoms with Crippen molar-refractivity contribution in [2.45, 2.75) is 44.2 Å². The number of para-hydroxylation sites is 1. The van der Waals surface area contributed by atoms with Gasteiger partial charge in [-0.3, -0.25) is 5.32 Å². The number of hydrogen-bond acceptors (Lipinski definition) is 3. The first-order valence-corrected chi connectivity index (χ1v) is 6.64. The van der Waals surface area contributed by atoms with Crippen molar-refractivity contribution in [3.8, 4) is 0 Å². The molecule has 1 amide bonds. The van der Waals surface area contributed by atoms with E-state index in [4.69, 9.17) is 10.5 Å². The van der Waals surface area contributed by atoms with Gasteiger partial charge in [-0.25, -0.2) is 9.18 Å². The van der Waals surface area contributed by atoms with Crippen LogP contribution in [0.2, 0.25) is 0 Å². The Morgan fingerprint density at radius 1 is 1.26 bits per heavy atom. The minimum Gasteiger partial charge on any atom is -0.444 e. The van der Waals surface area contributed by atoms with Crippen molar-refractivity contribution in [1.29, 1.82) is 0 Å². The highest BCUT2D eigenvalue weighted by molar-refractivity contribution is 5.84. The van der Waals surface area contributed by atoms with Crippen molar-refractivity contribution in [3.63, 3.8) is 0 Å². The fourth-order valence-electron chi connectivity index (χ4n) is 2.29. The molecule has 104 valence electrons. The predicted molar refractivity (Wildman–Crippen MR) is 71.4 cm³/mol. The molecule has 1 aromatic carbocycles. The third kappa shape index (κ3) is 3.92. The molecule has 2 rings (SSSR count). The molecule has 19 heavy (non-hydrogen) atoms. The lowest BCUT2D eigenvalue weighted by Gasteiger charge is -2.21. The van der Waals surface area contributed by atoms with Gasteiger partial charge in [-0.05, 0) is 31.4 Å². The summed E-state index contributed by atoms with van der Waals surface area (Å²) in [5.74, 6) is -0.482. The maximum Gasteiger partial charge on any atom is 0.412 e. The topological polar surface area (TPSA) is 64.3 Å². The standard InChI is InChI=1S/C14H19FN2O2/c15-10-6-4-5-8-12(10)17-14(18)19-13-9-3-1-2-7-11(13)16/h4-6,8,11,13H,1-3,7,9,16H2,(H,17,18). The second kappa shape index (κ2) is 6.52. The van der Waals surface area contributed by atoms with Gasteiger partial charge in [0.25, 0.3) is 0 Å². The summed E-state index contributed by atoms with van der Waals surface area (Å²) in [7, 11) is 0. The van der Waals surface area contributed by atoms with Crippen LogP contribution >= 0.6 is 0 Å². The number of benzene rings is 1. The second-order valence-electron chi connectivity index (χ2n) is 4.85. The SMILES string of the molecule is NC1CCCCCC1OC(=O)Nc1ccccc1F. The van der Waals surface area contributed by atoms with Crippen LogP contribution in [-0.4, -0.2) is 18.2 Å². The van der Waals surface area contributed by atoms with Gasteiger partial charge in [0.2, 0.25) is 0 Å². The third-order valence-corrected chi connectivity index (χ3v) is 3.37. The fraction of sp³-hybridized carbons (Fsp3) is 0.500. The van der Waals surface area contributed by atoms with E-state index in [0.717, 1.165) is 32.1 Å². The minimum atomic E-state index is -0.646. The quantitative estimate of drug-likeness (QED) is 0.809. The molecule has 2 atom stereocenters. The molecule has 0 radical (unpaired) electrons. The second-order valence-corrected chi connectivity index (χ2v) is 4.85. The molecule has 2 unspecified atom stereocenters. The summed E-state index contributed by atoms with van der Waals surface area (Å²) in [5, 5.41) is 2.41. The van der Waals surface area contributed by atoms with Gasteiger partial charge >= 0.3 is 6.09 Å². The summed E-state index contributed by atoms with van der Waals surface area (Å²) >= 11 is 0. The molecule has 0 aliphatic heterocycles. The lowest BCUT2D eigenvalue weighted by Crippen LogP contribution is -2.38. The van der Waals surface area contributed by atoms with E-state index in [2.05, 4.69) is 5.32 Å². The van der Waals surface area contributed by atoms with Gasteiger partial charge in [-0.2, -0.15) is 0 Å². The van der Waals surface area contributed by atoms with Crippen molar-refractivity contribution >= 4 is 11.8 Å². The molecule has 1 fully saturated rings. The highest BCUT2D eigenvalue weighted by atomic mass is 19.1. The molecule has 1 saturated carbocycles. The normalized spacial score (nSPS) is 23.5. The van der Waals surface area contributed by atoms with Crippen LogP contribution in [0, 0.1) is 5.82 Å². The maximum atomic E-state index is 13.4. The van der Waals surface area contributed by atoms with E-state index in [1.54, 1.807) is 12.1 Å². The number of carbonyl (C=O) groups excluding carboxylic acids is 1. The summed E-state index contributed by atoms with van der Waals surface area (Å²) in [5.41, 5.74) is 6.09. The van der Waals surface area contributed by atoms with E-state index in [1.165, 1.54) is 12.1 Å². The molecule has 1 aromatic rings. The molecule has 1 aliphatic rings. The van der Waals surface area contributed by atoms with Crippen molar-refractivity contribution in [1.82, 2.24) is 0 Å². The number of amides is 1. The molecule has 0 saturated heterocycles. The Labute approximate surface area is 112 Å². The highest BCUT2D eigenvalue weighted by Gasteiger charge is 2.24. The highest BCUT2D eigenvalue weighted by Crippen LogP contribution is 2.20. The summed E-state index contributed by atoms with van der Waals surface area (Å²) in [6, 6.07) is 5.86. The maximum absolute atomic E-state index is 13.4. The Kier molecular flexibility index (Phi) is 4.74. The van der Waals surface area contributed by atoms with Crippen molar-refractivity contribution in [2.75, 3.05) is 5.32 Å². The molecular formula is C14H19FN2O2. The lowest BCUT2D eigenvalue weighted by molar-refractivity contribution is 0.0898. The molecule has 0 spiro atoms. The Hall–Kier alpha value is -1.62. The van der Waals surface area contributed by atoms with E-state index < -0.39 is 11.9 Å². The van der Waals surface area contributed by atoms with Crippen LogP contribution in [0.1, 0.15) is 32.1 Å². The molecule has 5 heteroatoms. The number of halogens is 1. The number of carbonyl (C=O) groups is 1. The smallest absolute Gasteiger partial charge is 0.412 e. The van der Waals surface area contributed by atoms with E-state index in [0.29, 0.717) is 0 Å². The number of hydrogen-bond donors (Lipinski definition) is 2. The zero-order chi connectivity index (χ0) is 13.7. The van der Waals surface area contributed by atoms with Crippen LogP contribution in [0.3, 0.4) is 0 Å². The van der Waals surface area contributed by atoms with Gasteiger partial charge < -0.3 is 10.5 Å². The van der Waals surface area contributed by atoms with Crippen LogP contribution in [0.25, 0.3) is 0 Å². The average molecular weight is 266 g/mol. The van der Waals surface area contributed by atoms with Gasteiger partial charge in [0.15, 0.2) is 0 Å². The van der Waals surface area contributed by atoms with Gasteiger partial charge in [0, 0.05) is 6.04 Å². The number of ether oxygens (including phenoxy) is 1. The van der Waals surface area contributed by atoms with Gasteiger partial charge in [0.05, 0.1) is 5.69 Å². The molecule has 3 N–H and O–H groups in total. The van der Waals surface area contributed by atoms with Crippen LogP contribution in [-0.2, 0) is 4.74 Å². The summed E-state index contributed by atoms with van der Waals surface area (Å²) in [6.07, 6.45) is 3.88. The van der Waals surface area contributed by atoms with E-state index in [9.17, 15) is 9.18 Å². The Morgan fingerprint density at radius 3 is 2.79 bits per heavy atom. The lowest BCUT2D eigenvalue weighted by atomic mass is 10.1. The first kappa shape index (κ1) is 13.8. The molecule has 4 nitrogen and oxygen atoms in total. The van der Waals surface area contributed by atoms with Crippen molar-refractivity contribution in [3.05, 3.63) is 30.1 Å². The minimum absolute atomic E-state index is 0.120. The van der Waals surface area contributed by atoms with E-state index >= 15 is 0 Å². The molecule has 0 aromatic heterocycles. The van der Waals surface area contributed by atoms with Gasteiger partial charge in [-0.1, -0.05) is 25.0 Å². The molecule has 1 aliphatic carbocycles. The third-order valence-electron chi connectivity index (χ3n) is 3.37. The number of rotatable bonds is 2. The Balaban J connectivity index is 1.92. The van der Waals surface area contributed by atoms with Crippen LogP contribution in [0.4, 0.5) is 14.9 Å². The molecule has 0 bridgehead atoms. The van der Waals surface area contributed by atoms with Crippen LogP contribution < -0.4 is 11.1 Å². The molecule has 0 heterocycles.